The molecule has 26 heavy (non-hydrogen) atoms. The molecule has 1 atom stereocenters. The lowest BCUT2D eigenvalue weighted by Gasteiger charge is -2.36. The molecule has 0 aliphatic carbocycles. The van der Waals surface area contributed by atoms with Gasteiger partial charge in [0.2, 0.25) is 5.91 Å². The van der Waals surface area contributed by atoms with Crippen LogP contribution < -0.4 is 15.0 Å². The van der Waals surface area contributed by atoms with Crippen LogP contribution in [-0.2, 0) is 9.59 Å². The summed E-state index contributed by atoms with van der Waals surface area (Å²) < 4.78 is 5.72. The Bertz CT molecular complexity index is 730. The lowest BCUT2D eigenvalue weighted by molar-refractivity contribution is -0.146. The number of carboxylic acid groups (broad SMARTS) is 1. The van der Waals surface area contributed by atoms with Gasteiger partial charge in [-0.2, -0.15) is 0 Å². The summed E-state index contributed by atoms with van der Waals surface area (Å²) in [6.45, 7) is 3.16. The summed E-state index contributed by atoms with van der Waals surface area (Å²) in [5.41, 5.74) is -0.0884. The highest BCUT2D eigenvalue weighted by Crippen LogP contribution is 2.34. The first kappa shape index (κ1) is 19.6. The van der Waals surface area contributed by atoms with Crippen molar-refractivity contribution in [2.75, 3.05) is 32.6 Å². The largest absolute Gasteiger partial charge is 0.489 e. The molecule has 0 spiro atoms. The van der Waals surface area contributed by atoms with Gasteiger partial charge in [-0.25, -0.2) is 4.79 Å². The van der Waals surface area contributed by atoms with E-state index in [0.717, 1.165) is 5.69 Å². The second-order valence-electron chi connectivity index (χ2n) is 7.14. The van der Waals surface area contributed by atoms with Gasteiger partial charge in [-0.3, -0.25) is 9.59 Å². The molecule has 0 unspecified atom stereocenters. The van der Waals surface area contributed by atoms with Gasteiger partial charge in [0.1, 0.15) is 17.9 Å². The first-order chi connectivity index (χ1) is 12.0. The number of carbonyl (C=O) groups excluding carboxylic acids is 2. The van der Waals surface area contributed by atoms with E-state index in [4.69, 9.17) is 9.84 Å². The fourth-order valence-electron chi connectivity index (χ4n) is 2.66. The Morgan fingerprint density at radius 1 is 1.35 bits per heavy atom. The van der Waals surface area contributed by atoms with E-state index < -0.39 is 11.5 Å². The summed E-state index contributed by atoms with van der Waals surface area (Å²) in [6, 6.07) is 4.92. The van der Waals surface area contributed by atoms with Crippen LogP contribution in [0.3, 0.4) is 0 Å². The van der Waals surface area contributed by atoms with Gasteiger partial charge in [-0.05, 0) is 32.0 Å². The van der Waals surface area contributed by atoms with Gasteiger partial charge in [0.05, 0.1) is 18.2 Å². The second kappa shape index (κ2) is 7.23. The molecule has 0 bridgehead atoms. The quantitative estimate of drug-likeness (QED) is 0.808. The average Bonchev–Trinajstić information content (AvgIpc) is 2.55. The fraction of sp³-hybridized carbons (Fsp3) is 0.500. The minimum atomic E-state index is -1.34. The van der Waals surface area contributed by atoms with E-state index in [1.165, 1.54) is 18.7 Å². The van der Waals surface area contributed by atoms with E-state index in [9.17, 15) is 14.4 Å². The number of nitrogens with one attached hydrogen (secondary N) is 1. The van der Waals surface area contributed by atoms with Crippen LogP contribution in [0.25, 0.3) is 0 Å². The number of hydrogen-bond acceptors (Lipinski definition) is 5. The predicted octanol–water partition coefficient (Wildman–Crippen LogP) is 0.955. The van der Waals surface area contributed by atoms with Gasteiger partial charge in [0.25, 0.3) is 5.91 Å². The third kappa shape index (κ3) is 4.07. The van der Waals surface area contributed by atoms with Crippen LogP contribution in [0.2, 0.25) is 0 Å². The van der Waals surface area contributed by atoms with Crippen molar-refractivity contribution >= 4 is 23.5 Å². The van der Waals surface area contributed by atoms with Crippen LogP contribution in [0.5, 0.6) is 5.75 Å². The van der Waals surface area contributed by atoms with Gasteiger partial charge >= 0.3 is 5.97 Å². The predicted molar refractivity (Wildman–Crippen MR) is 96.6 cm³/mol. The van der Waals surface area contributed by atoms with Crippen molar-refractivity contribution in [1.29, 1.82) is 0 Å². The zero-order valence-corrected chi connectivity index (χ0v) is 15.7. The molecule has 1 aromatic carbocycles. The standard InChI is InChI=1S/C18H25N3O5/c1-18(2,17(24)25)19-15(22)9-12-10-26-14-7-6-11(16(23)20(3)4)8-13(14)21(12)5/h6-8,12H,9-10H2,1-5H3,(H,19,22)(H,24,25)/t12-/m0/s1. The van der Waals surface area contributed by atoms with Crippen LogP contribution >= 0.6 is 0 Å². The third-order valence-corrected chi connectivity index (χ3v) is 4.38. The number of benzene rings is 1. The smallest absolute Gasteiger partial charge is 0.328 e. The molecule has 0 aromatic heterocycles. The molecule has 8 heteroatoms. The number of anilines is 1. The van der Waals surface area contributed by atoms with Gasteiger partial charge in [0.15, 0.2) is 0 Å². The van der Waals surface area contributed by atoms with E-state index in [2.05, 4.69) is 5.32 Å². The van der Waals surface area contributed by atoms with Gasteiger partial charge in [-0.1, -0.05) is 0 Å². The maximum atomic E-state index is 12.2. The van der Waals surface area contributed by atoms with E-state index in [1.54, 1.807) is 32.3 Å². The van der Waals surface area contributed by atoms with Crippen molar-refractivity contribution < 1.29 is 24.2 Å². The number of carboxylic acids is 1. The van der Waals surface area contributed by atoms with Gasteiger partial charge < -0.3 is 25.0 Å². The molecular formula is C18H25N3O5. The molecule has 2 rings (SSSR count). The Labute approximate surface area is 152 Å². The molecule has 0 radical (unpaired) electrons. The van der Waals surface area contributed by atoms with Crippen LogP contribution in [0.1, 0.15) is 30.6 Å². The summed E-state index contributed by atoms with van der Waals surface area (Å²) in [4.78, 5) is 38.9. The van der Waals surface area contributed by atoms with Crippen LogP contribution in [0, 0.1) is 0 Å². The zero-order valence-electron chi connectivity index (χ0n) is 15.7. The summed E-state index contributed by atoms with van der Waals surface area (Å²) in [5, 5.41) is 11.6. The lowest BCUT2D eigenvalue weighted by Crippen LogP contribution is -2.52. The first-order valence-electron chi connectivity index (χ1n) is 8.28. The van der Waals surface area contributed by atoms with Crippen molar-refractivity contribution in [3.63, 3.8) is 0 Å². The van der Waals surface area contributed by atoms with Gasteiger partial charge in [-0.15, -0.1) is 0 Å². The molecule has 0 saturated heterocycles. The number of aliphatic carboxylic acids is 1. The lowest BCUT2D eigenvalue weighted by atomic mass is 10.0. The normalized spacial score (nSPS) is 16.3. The topological polar surface area (TPSA) is 99.2 Å². The maximum Gasteiger partial charge on any atom is 0.328 e. The summed E-state index contributed by atoms with van der Waals surface area (Å²) >= 11 is 0. The highest BCUT2D eigenvalue weighted by Gasteiger charge is 2.32. The van der Waals surface area contributed by atoms with Crippen molar-refractivity contribution in [3.8, 4) is 5.75 Å². The molecule has 142 valence electrons. The molecule has 8 nitrogen and oxygen atoms in total. The van der Waals surface area contributed by atoms with Crippen LogP contribution in [0.4, 0.5) is 5.69 Å². The van der Waals surface area contributed by atoms with Crippen molar-refractivity contribution in [1.82, 2.24) is 10.2 Å². The van der Waals surface area contributed by atoms with Crippen molar-refractivity contribution in [2.45, 2.75) is 31.8 Å². The first-order valence-corrected chi connectivity index (χ1v) is 8.28. The summed E-state index contributed by atoms with van der Waals surface area (Å²) in [7, 11) is 5.18. The molecule has 0 fully saturated rings. The Morgan fingerprint density at radius 2 is 2.00 bits per heavy atom. The third-order valence-electron chi connectivity index (χ3n) is 4.38. The molecule has 2 amide bonds. The number of rotatable bonds is 5. The number of carbonyl (C=O) groups is 3. The minimum Gasteiger partial charge on any atom is -0.489 e. The Kier molecular flexibility index (Phi) is 5.44. The molecule has 0 saturated carbocycles. The summed E-state index contributed by atoms with van der Waals surface area (Å²) in [6.07, 6.45) is 0.0818. The van der Waals surface area contributed by atoms with Gasteiger partial charge in [0, 0.05) is 26.7 Å². The SMILES string of the molecule is CN(C)C(=O)c1ccc2c(c1)N(C)[C@@H](CC(=O)NC(C)(C)C(=O)O)CO2. The van der Waals surface area contributed by atoms with E-state index >= 15 is 0 Å². The Hall–Kier alpha value is -2.77. The maximum absolute atomic E-state index is 12.2. The highest BCUT2D eigenvalue weighted by atomic mass is 16.5. The number of ether oxygens (including phenoxy) is 1. The average molecular weight is 363 g/mol. The number of fused-ring (bicyclic) bond motifs is 1. The summed E-state index contributed by atoms with van der Waals surface area (Å²) in [5.74, 6) is -0.951. The minimum absolute atomic E-state index is 0.0818. The molecule has 1 aliphatic heterocycles. The molecule has 1 aromatic rings. The number of hydrogen-bond donors (Lipinski definition) is 2. The highest BCUT2D eigenvalue weighted by molar-refractivity contribution is 5.95. The molecule has 1 aliphatic rings. The fourth-order valence-corrected chi connectivity index (χ4v) is 2.66. The van der Waals surface area contributed by atoms with Crippen LogP contribution in [-0.4, -0.2) is 67.1 Å². The van der Waals surface area contributed by atoms with Crippen molar-refractivity contribution in [3.05, 3.63) is 23.8 Å². The molecule has 2 N–H and O–H groups in total. The number of likely N-dealkylation sites (N-methyl/N-ethyl adjacent to an activating group) is 1. The van der Waals surface area contributed by atoms with E-state index in [1.807, 2.05) is 11.9 Å². The van der Waals surface area contributed by atoms with E-state index in [-0.39, 0.29) is 24.3 Å². The molecule has 1 heterocycles. The monoisotopic (exact) mass is 363 g/mol. The number of nitrogens with zero attached hydrogens (tertiary/aromatic N) is 2. The Morgan fingerprint density at radius 3 is 2.58 bits per heavy atom. The second-order valence-corrected chi connectivity index (χ2v) is 7.14. The Balaban J connectivity index is 2.14. The van der Waals surface area contributed by atoms with Crippen LogP contribution in [0.15, 0.2) is 18.2 Å². The van der Waals surface area contributed by atoms with E-state index in [0.29, 0.717) is 17.9 Å². The molecular weight excluding hydrogens is 338 g/mol. The van der Waals surface area contributed by atoms with Crippen molar-refractivity contribution in [2.24, 2.45) is 0 Å². The zero-order chi connectivity index (χ0) is 19.6. The number of amides is 2.